The number of allylic oxidation sites excluding steroid dienone is 2. The zero-order valence-corrected chi connectivity index (χ0v) is 4.52. The molecule has 0 bridgehead atoms. The van der Waals surface area contributed by atoms with Crippen LogP contribution in [0.3, 0.4) is 0 Å². The van der Waals surface area contributed by atoms with Crippen molar-refractivity contribution < 1.29 is 8.76 Å². The van der Waals surface area contributed by atoms with Gasteiger partial charge in [0.05, 0.1) is 0 Å². The smallest absolute Gasteiger partial charge is 0.178 e. The Balaban J connectivity index is 3.46. The molecule has 0 radical (unpaired) electrons. The highest BCUT2D eigenvalue weighted by Gasteiger charge is 1.73. The standard InChI is InChI=1S/C4H6O2S/c1-2-3-4-7(5)6/h2-4H,1H2,(H,5,6). The van der Waals surface area contributed by atoms with Crippen molar-refractivity contribution in [2.24, 2.45) is 0 Å². The van der Waals surface area contributed by atoms with Gasteiger partial charge in [-0.05, 0) is 0 Å². The molecular formula is C4H6O2S. The van der Waals surface area contributed by atoms with E-state index in [0.717, 1.165) is 5.41 Å². The van der Waals surface area contributed by atoms with Gasteiger partial charge in [0.1, 0.15) is 0 Å². The molecule has 1 atom stereocenters. The van der Waals surface area contributed by atoms with Crippen molar-refractivity contribution in [3.63, 3.8) is 0 Å². The lowest BCUT2D eigenvalue weighted by Crippen LogP contribution is -1.73. The van der Waals surface area contributed by atoms with Crippen LogP contribution in [0.15, 0.2) is 24.1 Å². The highest BCUT2D eigenvalue weighted by Crippen LogP contribution is 1.75. The van der Waals surface area contributed by atoms with Crippen molar-refractivity contribution in [3.05, 3.63) is 24.1 Å². The van der Waals surface area contributed by atoms with Gasteiger partial charge in [0.25, 0.3) is 0 Å². The van der Waals surface area contributed by atoms with Gasteiger partial charge in [-0.2, -0.15) is 0 Å². The average molecular weight is 118 g/mol. The minimum Gasteiger partial charge on any atom is -0.303 e. The Labute approximate surface area is 44.8 Å². The van der Waals surface area contributed by atoms with Crippen molar-refractivity contribution in [1.29, 1.82) is 0 Å². The lowest BCUT2D eigenvalue weighted by Gasteiger charge is -1.71. The van der Waals surface area contributed by atoms with Gasteiger partial charge in [-0.1, -0.05) is 18.7 Å². The van der Waals surface area contributed by atoms with Crippen LogP contribution in [-0.4, -0.2) is 8.76 Å². The second kappa shape index (κ2) is 3.77. The normalized spacial score (nSPS) is 14.4. The number of rotatable bonds is 2. The van der Waals surface area contributed by atoms with Gasteiger partial charge in [0, 0.05) is 5.41 Å². The largest absolute Gasteiger partial charge is 0.303 e. The van der Waals surface area contributed by atoms with Crippen molar-refractivity contribution in [1.82, 2.24) is 0 Å². The zero-order chi connectivity index (χ0) is 5.70. The maximum Gasteiger partial charge on any atom is 0.178 e. The molecule has 0 spiro atoms. The van der Waals surface area contributed by atoms with Crippen LogP contribution in [-0.2, 0) is 11.1 Å². The second-order valence-electron chi connectivity index (χ2n) is 0.840. The van der Waals surface area contributed by atoms with Gasteiger partial charge in [-0.3, -0.25) is 0 Å². The van der Waals surface area contributed by atoms with Crippen LogP contribution in [0.1, 0.15) is 0 Å². The van der Waals surface area contributed by atoms with E-state index in [0.29, 0.717) is 0 Å². The first-order chi connectivity index (χ1) is 3.27. The van der Waals surface area contributed by atoms with E-state index in [2.05, 4.69) is 6.58 Å². The second-order valence-corrected chi connectivity index (χ2v) is 1.66. The summed E-state index contributed by atoms with van der Waals surface area (Å²) >= 11 is -1.82. The van der Waals surface area contributed by atoms with Crippen LogP contribution >= 0.6 is 0 Å². The summed E-state index contributed by atoms with van der Waals surface area (Å²) in [6, 6.07) is 0. The van der Waals surface area contributed by atoms with Crippen molar-refractivity contribution in [2.45, 2.75) is 0 Å². The van der Waals surface area contributed by atoms with Gasteiger partial charge in [0.2, 0.25) is 0 Å². The zero-order valence-electron chi connectivity index (χ0n) is 3.70. The van der Waals surface area contributed by atoms with E-state index in [9.17, 15) is 4.21 Å². The predicted molar refractivity (Wildman–Crippen MR) is 30.1 cm³/mol. The summed E-state index contributed by atoms with van der Waals surface area (Å²) in [6.45, 7) is 3.30. The van der Waals surface area contributed by atoms with E-state index in [-0.39, 0.29) is 0 Å². The molecule has 1 N–H and O–H groups in total. The molecule has 0 heterocycles. The summed E-state index contributed by atoms with van der Waals surface area (Å²) in [5.41, 5.74) is 0. The fraction of sp³-hybridized carbons (Fsp3) is 0. The highest BCUT2D eigenvalue weighted by atomic mass is 32.2. The van der Waals surface area contributed by atoms with Crippen LogP contribution in [0.4, 0.5) is 0 Å². The molecule has 0 aliphatic rings. The minimum atomic E-state index is -1.82. The van der Waals surface area contributed by atoms with E-state index < -0.39 is 11.1 Å². The van der Waals surface area contributed by atoms with Crippen LogP contribution in [0.5, 0.6) is 0 Å². The maximum absolute atomic E-state index is 9.73. The molecule has 1 unspecified atom stereocenters. The van der Waals surface area contributed by atoms with Crippen molar-refractivity contribution >= 4 is 11.1 Å². The lowest BCUT2D eigenvalue weighted by atomic mass is 10.6. The lowest BCUT2D eigenvalue weighted by molar-refractivity contribution is 0.574. The maximum atomic E-state index is 9.73. The highest BCUT2D eigenvalue weighted by molar-refractivity contribution is 7.82. The average Bonchev–Trinajstić information content (AvgIpc) is 1.61. The minimum absolute atomic E-state index is 1.13. The van der Waals surface area contributed by atoms with E-state index >= 15 is 0 Å². The van der Waals surface area contributed by atoms with Gasteiger partial charge < -0.3 is 4.55 Å². The Morgan fingerprint density at radius 3 is 2.43 bits per heavy atom. The molecule has 0 fully saturated rings. The van der Waals surface area contributed by atoms with Crippen LogP contribution in [0.25, 0.3) is 0 Å². The van der Waals surface area contributed by atoms with E-state index in [4.69, 9.17) is 4.55 Å². The van der Waals surface area contributed by atoms with E-state index in [1.165, 1.54) is 12.2 Å². The number of hydrogen-bond donors (Lipinski definition) is 1. The first-order valence-corrected chi connectivity index (χ1v) is 2.83. The van der Waals surface area contributed by atoms with Crippen LogP contribution in [0, 0.1) is 0 Å². The molecule has 0 aromatic rings. The quantitative estimate of drug-likeness (QED) is 0.432. The van der Waals surface area contributed by atoms with Gasteiger partial charge >= 0.3 is 0 Å². The predicted octanol–water partition coefficient (Wildman–Crippen LogP) is 0.908. The van der Waals surface area contributed by atoms with Crippen molar-refractivity contribution in [2.75, 3.05) is 0 Å². The van der Waals surface area contributed by atoms with Crippen LogP contribution < -0.4 is 0 Å². The summed E-state index contributed by atoms with van der Waals surface area (Å²) in [4.78, 5) is 0. The van der Waals surface area contributed by atoms with Crippen molar-refractivity contribution in [3.8, 4) is 0 Å². The summed E-state index contributed by atoms with van der Waals surface area (Å²) in [5.74, 6) is 0. The third kappa shape index (κ3) is 5.59. The summed E-state index contributed by atoms with van der Waals surface area (Å²) in [7, 11) is 0. The van der Waals surface area contributed by atoms with Crippen LogP contribution in [0.2, 0.25) is 0 Å². The molecule has 0 rings (SSSR count). The first-order valence-electron chi connectivity index (χ1n) is 1.66. The monoisotopic (exact) mass is 118 g/mol. The van der Waals surface area contributed by atoms with E-state index in [1.807, 2.05) is 0 Å². The topological polar surface area (TPSA) is 37.3 Å². The fourth-order valence-corrected chi connectivity index (χ4v) is 0.368. The molecule has 40 valence electrons. The Morgan fingerprint density at radius 2 is 2.29 bits per heavy atom. The SMILES string of the molecule is C=CC=CS(=O)O. The molecular weight excluding hydrogens is 112 g/mol. The molecule has 0 aromatic carbocycles. The van der Waals surface area contributed by atoms with Gasteiger partial charge in [-0.15, -0.1) is 0 Å². The molecule has 0 saturated carbocycles. The van der Waals surface area contributed by atoms with Gasteiger partial charge in [-0.25, -0.2) is 4.21 Å². The first kappa shape index (κ1) is 6.59. The Hall–Kier alpha value is -0.410. The summed E-state index contributed by atoms with van der Waals surface area (Å²) in [6.07, 6.45) is 2.85. The third-order valence-electron chi connectivity index (χ3n) is 0.331. The molecule has 0 aliphatic heterocycles. The molecule has 2 nitrogen and oxygen atoms in total. The Bertz CT molecular complexity index is 106. The summed E-state index contributed by atoms with van der Waals surface area (Å²) < 4.78 is 17.8. The number of hydrogen-bond acceptors (Lipinski definition) is 1. The molecule has 0 saturated heterocycles. The molecule has 0 aromatic heterocycles. The van der Waals surface area contributed by atoms with E-state index in [1.54, 1.807) is 0 Å². The molecule has 3 heteroatoms. The Kier molecular flexibility index (Phi) is 3.55. The third-order valence-corrected chi connectivity index (χ3v) is 0.721. The summed E-state index contributed by atoms with van der Waals surface area (Å²) in [5, 5.41) is 1.13. The Morgan fingerprint density at radius 1 is 1.71 bits per heavy atom. The molecule has 0 aliphatic carbocycles. The molecule has 7 heavy (non-hydrogen) atoms. The molecule has 0 amide bonds. The fourth-order valence-electron chi connectivity index (χ4n) is 0.123. The van der Waals surface area contributed by atoms with Gasteiger partial charge in [0.15, 0.2) is 11.1 Å².